The highest BCUT2D eigenvalue weighted by molar-refractivity contribution is 9.10. The van der Waals surface area contributed by atoms with Crippen molar-refractivity contribution in [3.8, 4) is 0 Å². The minimum absolute atomic E-state index is 0.0676. The Kier molecular flexibility index (Phi) is 4.24. The van der Waals surface area contributed by atoms with E-state index < -0.39 is 0 Å². The molecular formula is C18H17BrN2O3. The fourth-order valence-electron chi connectivity index (χ4n) is 3.17. The highest BCUT2D eigenvalue weighted by atomic mass is 79.9. The molecule has 2 aliphatic rings. The van der Waals surface area contributed by atoms with Gasteiger partial charge in [-0.25, -0.2) is 5.01 Å². The number of hydrogen-bond donors (Lipinski definition) is 0. The number of hydrogen-bond acceptors (Lipinski definition) is 4. The maximum Gasteiger partial charge on any atom is 0.272 e. The van der Waals surface area contributed by atoms with Gasteiger partial charge in [-0.2, -0.15) is 5.10 Å². The molecule has 3 heterocycles. The largest absolute Gasteiger partial charge is 0.463 e. The second kappa shape index (κ2) is 6.53. The Balaban J connectivity index is 1.66. The molecular weight excluding hydrogens is 372 g/mol. The molecule has 0 aliphatic carbocycles. The smallest absolute Gasteiger partial charge is 0.272 e. The monoisotopic (exact) mass is 388 g/mol. The molecule has 6 heteroatoms. The Labute approximate surface area is 148 Å². The van der Waals surface area contributed by atoms with Gasteiger partial charge in [-0.05, 0) is 42.7 Å². The van der Waals surface area contributed by atoms with Gasteiger partial charge in [0.15, 0.2) is 0 Å². The maximum atomic E-state index is 12.9. The number of furan rings is 1. The van der Waals surface area contributed by atoms with Crippen molar-refractivity contribution in [2.75, 3.05) is 6.61 Å². The van der Waals surface area contributed by atoms with Crippen molar-refractivity contribution < 1.29 is 13.9 Å². The van der Waals surface area contributed by atoms with E-state index in [2.05, 4.69) is 21.0 Å². The molecule has 0 spiro atoms. The fraction of sp³-hybridized carbons (Fsp3) is 0.333. The third kappa shape index (κ3) is 2.91. The zero-order chi connectivity index (χ0) is 16.5. The first-order valence-electron chi connectivity index (χ1n) is 8.04. The predicted octanol–water partition coefficient (Wildman–Crippen LogP) is 3.90. The van der Waals surface area contributed by atoms with Gasteiger partial charge < -0.3 is 9.15 Å². The van der Waals surface area contributed by atoms with Crippen molar-refractivity contribution in [2.45, 2.75) is 31.4 Å². The summed E-state index contributed by atoms with van der Waals surface area (Å²) in [6.07, 6.45) is 3.54. The number of halogens is 1. The normalized spacial score (nSPS) is 23.5. The molecule has 1 aromatic carbocycles. The number of amides is 1. The van der Waals surface area contributed by atoms with Gasteiger partial charge in [0.2, 0.25) is 0 Å². The summed E-state index contributed by atoms with van der Waals surface area (Å²) < 4.78 is 12.0. The first-order chi connectivity index (χ1) is 11.7. The molecule has 2 aromatic rings. The summed E-state index contributed by atoms with van der Waals surface area (Å²) >= 11 is 3.45. The van der Waals surface area contributed by atoms with Gasteiger partial charge in [0, 0.05) is 17.5 Å². The van der Waals surface area contributed by atoms with E-state index >= 15 is 0 Å². The van der Waals surface area contributed by atoms with Crippen molar-refractivity contribution in [2.24, 2.45) is 5.10 Å². The summed E-state index contributed by atoms with van der Waals surface area (Å²) in [5.74, 6) is 0.640. The quantitative estimate of drug-likeness (QED) is 0.800. The summed E-state index contributed by atoms with van der Waals surface area (Å²) in [5.41, 5.74) is 1.84. The number of ether oxygens (including phenoxy) is 1. The van der Waals surface area contributed by atoms with Gasteiger partial charge in [-0.1, -0.05) is 28.1 Å². The highest BCUT2D eigenvalue weighted by Gasteiger charge is 2.38. The molecule has 0 unspecified atom stereocenters. The van der Waals surface area contributed by atoms with Crippen molar-refractivity contribution in [1.82, 2.24) is 5.01 Å². The van der Waals surface area contributed by atoms with Gasteiger partial charge in [-0.3, -0.25) is 4.79 Å². The van der Waals surface area contributed by atoms with Crippen LogP contribution in [0.15, 0.2) is 56.7 Å². The van der Waals surface area contributed by atoms with Crippen LogP contribution in [-0.4, -0.2) is 29.3 Å². The summed E-state index contributed by atoms with van der Waals surface area (Å²) in [5, 5.41) is 6.15. The summed E-state index contributed by atoms with van der Waals surface area (Å²) in [6, 6.07) is 11.6. The molecule has 0 radical (unpaired) electrons. The van der Waals surface area contributed by atoms with E-state index in [9.17, 15) is 4.79 Å². The minimum atomic E-state index is -0.386. The third-order valence-electron chi connectivity index (χ3n) is 4.40. The SMILES string of the molecule is O=C([C@@H]1CCCO1)N1N=C(c2ccco2)C[C@H]1c1ccc(Br)cc1. The number of rotatable bonds is 3. The predicted molar refractivity (Wildman–Crippen MR) is 92.6 cm³/mol. The second-order valence-corrected chi connectivity index (χ2v) is 6.90. The molecule has 0 saturated carbocycles. The Morgan fingerprint density at radius 1 is 1.25 bits per heavy atom. The zero-order valence-electron chi connectivity index (χ0n) is 13.0. The van der Waals surface area contributed by atoms with E-state index in [1.807, 2.05) is 36.4 Å². The van der Waals surface area contributed by atoms with Gasteiger partial charge in [-0.15, -0.1) is 0 Å². The summed E-state index contributed by atoms with van der Waals surface area (Å²) in [7, 11) is 0. The summed E-state index contributed by atoms with van der Waals surface area (Å²) in [6.45, 7) is 0.641. The lowest BCUT2D eigenvalue weighted by Crippen LogP contribution is -2.35. The Morgan fingerprint density at radius 3 is 2.75 bits per heavy atom. The molecule has 1 saturated heterocycles. The van der Waals surface area contributed by atoms with Gasteiger partial charge in [0.1, 0.15) is 17.6 Å². The van der Waals surface area contributed by atoms with E-state index in [4.69, 9.17) is 9.15 Å². The van der Waals surface area contributed by atoms with Gasteiger partial charge in [0.25, 0.3) is 5.91 Å². The highest BCUT2D eigenvalue weighted by Crippen LogP contribution is 2.35. The minimum Gasteiger partial charge on any atom is -0.463 e. The molecule has 0 N–H and O–H groups in total. The van der Waals surface area contributed by atoms with E-state index in [-0.39, 0.29) is 18.1 Å². The van der Waals surface area contributed by atoms with E-state index in [0.717, 1.165) is 28.6 Å². The van der Waals surface area contributed by atoms with E-state index in [0.29, 0.717) is 18.8 Å². The first kappa shape index (κ1) is 15.6. The molecule has 1 amide bonds. The van der Waals surface area contributed by atoms with Crippen LogP contribution in [-0.2, 0) is 9.53 Å². The van der Waals surface area contributed by atoms with Crippen LogP contribution >= 0.6 is 15.9 Å². The molecule has 24 heavy (non-hydrogen) atoms. The van der Waals surface area contributed by atoms with Gasteiger partial charge in [0.05, 0.1) is 12.3 Å². The number of nitrogens with zero attached hydrogens (tertiary/aromatic N) is 2. The number of carbonyl (C=O) groups is 1. The Bertz CT molecular complexity index is 749. The molecule has 1 aromatic heterocycles. The molecule has 1 fully saturated rings. The van der Waals surface area contributed by atoms with Crippen LogP contribution in [0.2, 0.25) is 0 Å². The second-order valence-electron chi connectivity index (χ2n) is 5.98. The first-order valence-corrected chi connectivity index (χ1v) is 8.83. The third-order valence-corrected chi connectivity index (χ3v) is 4.93. The van der Waals surface area contributed by atoms with Crippen LogP contribution in [0.1, 0.15) is 36.6 Å². The van der Waals surface area contributed by atoms with Crippen molar-refractivity contribution >= 4 is 27.5 Å². The molecule has 124 valence electrons. The van der Waals surface area contributed by atoms with Crippen LogP contribution < -0.4 is 0 Å². The topological polar surface area (TPSA) is 55.0 Å². The number of hydrazone groups is 1. The molecule has 0 bridgehead atoms. The van der Waals surface area contributed by atoms with Gasteiger partial charge >= 0.3 is 0 Å². The molecule has 2 aliphatic heterocycles. The number of carbonyl (C=O) groups excluding carboxylic acids is 1. The zero-order valence-corrected chi connectivity index (χ0v) is 14.6. The summed E-state index contributed by atoms with van der Waals surface area (Å²) in [4.78, 5) is 12.9. The fourth-order valence-corrected chi connectivity index (χ4v) is 3.43. The van der Waals surface area contributed by atoms with Crippen molar-refractivity contribution in [3.63, 3.8) is 0 Å². The van der Waals surface area contributed by atoms with E-state index in [1.165, 1.54) is 0 Å². The Morgan fingerprint density at radius 2 is 2.08 bits per heavy atom. The Hall–Kier alpha value is -1.92. The lowest BCUT2D eigenvalue weighted by Gasteiger charge is -2.24. The average molecular weight is 389 g/mol. The van der Waals surface area contributed by atoms with Crippen LogP contribution in [0.3, 0.4) is 0 Å². The standard InChI is InChI=1S/C18H17BrN2O3/c19-13-7-5-12(6-8-13)15-11-14(16-3-1-9-23-16)20-21(15)18(22)17-4-2-10-24-17/h1,3,5-9,15,17H,2,4,10-11H2/t15-,17-/m0/s1. The van der Waals surface area contributed by atoms with Crippen molar-refractivity contribution in [1.29, 1.82) is 0 Å². The molecule has 2 atom stereocenters. The molecule has 5 nitrogen and oxygen atoms in total. The average Bonchev–Trinajstić information content (AvgIpc) is 3.34. The lowest BCUT2D eigenvalue weighted by atomic mass is 10.0. The van der Waals surface area contributed by atoms with Crippen LogP contribution in [0.5, 0.6) is 0 Å². The number of benzene rings is 1. The lowest BCUT2D eigenvalue weighted by molar-refractivity contribution is -0.142. The van der Waals surface area contributed by atoms with Crippen LogP contribution in [0.25, 0.3) is 0 Å². The van der Waals surface area contributed by atoms with Crippen LogP contribution in [0, 0.1) is 0 Å². The van der Waals surface area contributed by atoms with Crippen LogP contribution in [0.4, 0.5) is 0 Å². The van der Waals surface area contributed by atoms with E-state index in [1.54, 1.807) is 11.3 Å². The molecule has 4 rings (SSSR count). The van der Waals surface area contributed by atoms with Crippen molar-refractivity contribution in [3.05, 3.63) is 58.5 Å². The maximum absolute atomic E-state index is 12.9.